The zero-order valence-electron chi connectivity index (χ0n) is 18.3. The van der Waals surface area contributed by atoms with E-state index in [0.29, 0.717) is 11.7 Å². The van der Waals surface area contributed by atoms with E-state index >= 15 is 0 Å². The van der Waals surface area contributed by atoms with E-state index in [0.717, 1.165) is 41.9 Å². The van der Waals surface area contributed by atoms with Crippen molar-refractivity contribution in [3.8, 4) is 11.4 Å². The van der Waals surface area contributed by atoms with Crippen molar-refractivity contribution < 1.29 is 4.39 Å². The van der Waals surface area contributed by atoms with Gasteiger partial charge in [0.05, 0.1) is 0 Å². The van der Waals surface area contributed by atoms with Gasteiger partial charge in [0.2, 0.25) is 0 Å². The van der Waals surface area contributed by atoms with Crippen LogP contribution >= 0.6 is 0 Å². The van der Waals surface area contributed by atoms with Crippen molar-refractivity contribution in [1.82, 2.24) is 9.97 Å². The quantitative estimate of drug-likeness (QED) is 0.382. The van der Waals surface area contributed by atoms with Gasteiger partial charge in [-0.25, -0.2) is 14.4 Å². The van der Waals surface area contributed by atoms with E-state index < -0.39 is 0 Å². The molecule has 0 spiro atoms. The Bertz CT molecular complexity index is 733. The van der Waals surface area contributed by atoms with Gasteiger partial charge >= 0.3 is 0 Å². The largest absolute Gasteiger partial charge is 0.236 e. The second kappa shape index (κ2) is 11.4. The number of unbranched alkanes of at least 4 members (excludes halogenated alkanes) is 4. The third kappa shape index (κ3) is 6.35. The molecule has 29 heavy (non-hydrogen) atoms. The van der Waals surface area contributed by atoms with E-state index in [4.69, 9.17) is 0 Å². The lowest BCUT2D eigenvalue weighted by atomic mass is 9.77. The summed E-state index contributed by atoms with van der Waals surface area (Å²) in [4.78, 5) is 8.96. The molecule has 1 aliphatic rings. The summed E-state index contributed by atoms with van der Waals surface area (Å²) in [6.07, 6.45) is 18.5. The lowest BCUT2D eigenvalue weighted by molar-refractivity contribution is 0.299. The van der Waals surface area contributed by atoms with Crippen LogP contribution < -0.4 is 0 Å². The molecule has 1 heterocycles. The maximum Gasteiger partial charge on any atom is 0.159 e. The van der Waals surface area contributed by atoms with Crippen LogP contribution in [0.25, 0.3) is 11.4 Å². The molecule has 1 aromatic carbocycles. The van der Waals surface area contributed by atoms with E-state index in [-0.39, 0.29) is 5.82 Å². The van der Waals surface area contributed by atoms with E-state index in [2.05, 4.69) is 23.8 Å². The van der Waals surface area contributed by atoms with Crippen LogP contribution in [0.5, 0.6) is 0 Å². The van der Waals surface area contributed by atoms with E-state index in [1.807, 2.05) is 24.5 Å². The number of benzene rings is 1. The average Bonchev–Trinajstić information content (AvgIpc) is 2.75. The van der Waals surface area contributed by atoms with E-state index in [1.165, 1.54) is 57.8 Å². The highest BCUT2D eigenvalue weighted by Crippen LogP contribution is 2.39. The Balaban J connectivity index is 1.58. The van der Waals surface area contributed by atoms with Gasteiger partial charge in [-0.3, -0.25) is 0 Å². The van der Waals surface area contributed by atoms with E-state index in [1.54, 1.807) is 6.07 Å². The molecule has 0 bridgehead atoms. The summed E-state index contributed by atoms with van der Waals surface area (Å²) in [5, 5.41) is 0. The Hall–Kier alpha value is -1.77. The Kier molecular flexibility index (Phi) is 8.64. The summed E-state index contributed by atoms with van der Waals surface area (Å²) < 4.78 is 14.9. The summed E-state index contributed by atoms with van der Waals surface area (Å²) in [5.41, 5.74) is 2.83. The molecule has 1 aliphatic carbocycles. The Labute approximate surface area is 176 Å². The first-order chi connectivity index (χ1) is 14.2. The number of halogens is 1. The molecule has 0 saturated heterocycles. The number of aryl methyl sites for hydroxylation is 1. The maximum absolute atomic E-state index is 14.9. The van der Waals surface area contributed by atoms with Gasteiger partial charge in [-0.2, -0.15) is 0 Å². The molecule has 1 saturated carbocycles. The first kappa shape index (κ1) is 21.9. The molecule has 0 aliphatic heterocycles. The molecule has 3 rings (SSSR count). The van der Waals surface area contributed by atoms with Crippen LogP contribution in [0.1, 0.15) is 102 Å². The molecule has 0 amide bonds. The van der Waals surface area contributed by atoms with Gasteiger partial charge in [0.15, 0.2) is 5.82 Å². The molecule has 0 atom stereocenters. The molecule has 1 fully saturated rings. The summed E-state index contributed by atoms with van der Waals surface area (Å²) in [6, 6.07) is 5.61. The topological polar surface area (TPSA) is 25.8 Å². The lowest BCUT2D eigenvalue weighted by Gasteiger charge is -2.29. The fraction of sp³-hybridized carbons (Fsp3) is 0.615. The SMILES string of the molecule is CCCCCc1cnc(-c2ccc(C3CCC(CCCCC)CC3)c(F)c2)nc1. The molecule has 1 aromatic heterocycles. The monoisotopic (exact) mass is 396 g/mol. The number of aromatic nitrogens is 2. The van der Waals surface area contributed by atoms with Gasteiger partial charge in [-0.05, 0) is 67.6 Å². The molecule has 0 N–H and O–H groups in total. The Morgan fingerprint density at radius 1 is 0.897 bits per heavy atom. The van der Waals surface area contributed by atoms with Crippen LogP contribution in [-0.4, -0.2) is 9.97 Å². The van der Waals surface area contributed by atoms with Crippen LogP contribution in [0.15, 0.2) is 30.6 Å². The number of rotatable bonds is 10. The van der Waals surface area contributed by atoms with Gasteiger partial charge in [0.25, 0.3) is 0 Å². The van der Waals surface area contributed by atoms with Crippen molar-refractivity contribution in [1.29, 1.82) is 0 Å². The Morgan fingerprint density at radius 3 is 2.24 bits per heavy atom. The fourth-order valence-electron chi connectivity index (χ4n) is 4.65. The predicted molar refractivity (Wildman–Crippen MR) is 119 cm³/mol. The molecule has 0 unspecified atom stereocenters. The molecule has 158 valence electrons. The van der Waals surface area contributed by atoms with Gasteiger partial charge < -0.3 is 0 Å². The molecular weight excluding hydrogens is 359 g/mol. The van der Waals surface area contributed by atoms with Crippen molar-refractivity contribution >= 4 is 0 Å². The van der Waals surface area contributed by atoms with Gasteiger partial charge in [0.1, 0.15) is 5.82 Å². The third-order valence-electron chi connectivity index (χ3n) is 6.54. The van der Waals surface area contributed by atoms with Gasteiger partial charge in [-0.15, -0.1) is 0 Å². The van der Waals surface area contributed by atoms with Crippen molar-refractivity contribution in [2.45, 2.75) is 96.8 Å². The standard InChI is InChI=1S/C26H37FN2/c1-3-5-7-9-20-11-13-22(14-12-20)24-16-15-23(17-25(24)27)26-28-18-21(19-29-26)10-8-6-4-2/h15-20,22H,3-14H2,1-2H3. The second-order valence-electron chi connectivity index (χ2n) is 8.82. The van der Waals surface area contributed by atoms with Crippen LogP contribution in [0.2, 0.25) is 0 Å². The summed E-state index contributed by atoms with van der Waals surface area (Å²) in [5.74, 6) is 1.75. The van der Waals surface area contributed by atoms with Gasteiger partial charge in [-0.1, -0.05) is 64.5 Å². The second-order valence-corrected chi connectivity index (χ2v) is 8.82. The van der Waals surface area contributed by atoms with Crippen LogP contribution in [0, 0.1) is 11.7 Å². The minimum absolute atomic E-state index is 0.0902. The van der Waals surface area contributed by atoms with Crippen LogP contribution in [-0.2, 0) is 6.42 Å². The predicted octanol–water partition coefficient (Wildman–Crippen LogP) is 7.87. The number of nitrogens with zero attached hydrogens (tertiary/aromatic N) is 2. The zero-order valence-corrected chi connectivity index (χ0v) is 18.3. The van der Waals surface area contributed by atoms with Crippen molar-refractivity contribution in [2.75, 3.05) is 0 Å². The van der Waals surface area contributed by atoms with Crippen molar-refractivity contribution in [3.05, 3.63) is 47.5 Å². The summed E-state index contributed by atoms with van der Waals surface area (Å²) >= 11 is 0. The molecule has 2 aromatic rings. The minimum atomic E-state index is -0.0902. The highest BCUT2D eigenvalue weighted by Gasteiger charge is 2.24. The third-order valence-corrected chi connectivity index (χ3v) is 6.54. The number of hydrogen-bond donors (Lipinski definition) is 0. The number of hydrogen-bond acceptors (Lipinski definition) is 2. The lowest BCUT2D eigenvalue weighted by Crippen LogP contribution is -2.14. The summed E-state index contributed by atoms with van der Waals surface area (Å²) in [7, 11) is 0. The Morgan fingerprint density at radius 2 is 1.59 bits per heavy atom. The van der Waals surface area contributed by atoms with Crippen molar-refractivity contribution in [3.63, 3.8) is 0 Å². The summed E-state index contributed by atoms with van der Waals surface area (Å²) in [6.45, 7) is 4.47. The molecular formula is C26H37FN2. The average molecular weight is 397 g/mol. The fourth-order valence-corrected chi connectivity index (χ4v) is 4.65. The molecule has 0 radical (unpaired) electrons. The zero-order chi connectivity index (χ0) is 20.5. The van der Waals surface area contributed by atoms with Crippen LogP contribution in [0.3, 0.4) is 0 Å². The molecule has 3 heteroatoms. The minimum Gasteiger partial charge on any atom is -0.236 e. The normalized spacial score (nSPS) is 19.4. The van der Waals surface area contributed by atoms with E-state index in [9.17, 15) is 4.39 Å². The van der Waals surface area contributed by atoms with Crippen molar-refractivity contribution in [2.24, 2.45) is 5.92 Å². The molecule has 2 nitrogen and oxygen atoms in total. The van der Waals surface area contributed by atoms with Crippen LogP contribution in [0.4, 0.5) is 4.39 Å². The smallest absolute Gasteiger partial charge is 0.159 e. The highest BCUT2D eigenvalue weighted by molar-refractivity contribution is 5.55. The maximum atomic E-state index is 14.9. The van der Waals surface area contributed by atoms with Gasteiger partial charge in [0, 0.05) is 18.0 Å². The first-order valence-electron chi connectivity index (χ1n) is 11.8. The first-order valence-corrected chi connectivity index (χ1v) is 11.8. The highest BCUT2D eigenvalue weighted by atomic mass is 19.1.